The number of benzene rings is 1. The van der Waals surface area contributed by atoms with Gasteiger partial charge in [0, 0.05) is 24.2 Å². The van der Waals surface area contributed by atoms with E-state index in [-0.39, 0.29) is 16.6 Å². The lowest BCUT2D eigenvalue weighted by molar-refractivity contribution is -0.385. The predicted molar refractivity (Wildman–Crippen MR) is 74.2 cm³/mol. The third-order valence-corrected chi connectivity index (χ3v) is 5.00. The standard InChI is InChI=1S/C12H17N3O4S/c1-8-5-11(6-12(9(8)2)15(16)17)20(18,19)14-10-3-4-13-7-10/h5-6,10,13-14H,3-4,7H2,1-2H3/t10-/m0/s1. The number of hydrogen-bond acceptors (Lipinski definition) is 5. The molecular weight excluding hydrogens is 282 g/mol. The van der Waals surface area contributed by atoms with Gasteiger partial charge in [0.05, 0.1) is 9.82 Å². The third kappa shape index (κ3) is 2.97. The van der Waals surface area contributed by atoms with Crippen molar-refractivity contribution in [1.82, 2.24) is 10.0 Å². The Labute approximate surface area is 117 Å². The molecule has 1 aliphatic rings. The molecule has 2 N–H and O–H groups in total. The molecule has 8 heteroatoms. The topological polar surface area (TPSA) is 101 Å². The first kappa shape index (κ1) is 14.9. The third-order valence-electron chi connectivity index (χ3n) is 3.50. The molecule has 1 saturated heterocycles. The average Bonchev–Trinajstić information content (AvgIpc) is 2.83. The van der Waals surface area contributed by atoms with E-state index in [4.69, 9.17) is 0 Å². The van der Waals surface area contributed by atoms with Crippen molar-refractivity contribution < 1.29 is 13.3 Å². The summed E-state index contributed by atoms with van der Waals surface area (Å²) in [6.07, 6.45) is 0.714. The van der Waals surface area contributed by atoms with Gasteiger partial charge in [0.1, 0.15) is 0 Å². The van der Waals surface area contributed by atoms with Gasteiger partial charge >= 0.3 is 0 Å². The Hall–Kier alpha value is -1.51. The molecule has 0 bridgehead atoms. The van der Waals surface area contributed by atoms with Crippen LogP contribution in [-0.4, -0.2) is 32.5 Å². The molecule has 0 radical (unpaired) electrons. The first-order valence-electron chi connectivity index (χ1n) is 6.30. The molecule has 1 heterocycles. The van der Waals surface area contributed by atoms with Crippen molar-refractivity contribution >= 4 is 15.7 Å². The van der Waals surface area contributed by atoms with Crippen molar-refractivity contribution in [3.05, 3.63) is 33.4 Å². The SMILES string of the molecule is Cc1cc(S(=O)(=O)N[C@H]2CCNC2)cc([N+](=O)[O-])c1C. The number of nitro groups is 1. The second kappa shape index (κ2) is 5.47. The fourth-order valence-electron chi connectivity index (χ4n) is 2.20. The number of rotatable bonds is 4. The second-order valence-electron chi connectivity index (χ2n) is 4.95. The van der Waals surface area contributed by atoms with Gasteiger partial charge in [-0.05, 0) is 38.4 Å². The minimum atomic E-state index is -3.73. The monoisotopic (exact) mass is 299 g/mol. The summed E-state index contributed by atoms with van der Waals surface area (Å²) in [5.74, 6) is 0. The zero-order chi connectivity index (χ0) is 14.9. The summed E-state index contributed by atoms with van der Waals surface area (Å²) >= 11 is 0. The van der Waals surface area contributed by atoms with E-state index < -0.39 is 14.9 Å². The molecule has 2 rings (SSSR count). The van der Waals surface area contributed by atoms with Crippen LogP contribution in [0.4, 0.5) is 5.69 Å². The number of hydrogen-bond donors (Lipinski definition) is 2. The van der Waals surface area contributed by atoms with Gasteiger partial charge in [0.25, 0.3) is 5.69 Å². The Morgan fingerprint density at radius 3 is 2.65 bits per heavy atom. The highest BCUT2D eigenvalue weighted by Crippen LogP contribution is 2.26. The van der Waals surface area contributed by atoms with Crippen LogP contribution in [0.15, 0.2) is 17.0 Å². The normalized spacial score (nSPS) is 19.2. The summed E-state index contributed by atoms with van der Waals surface area (Å²) in [6.45, 7) is 4.61. The van der Waals surface area contributed by atoms with Crippen LogP contribution >= 0.6 is 0 Å². The van der Waals surface area contributed by atoms with Crippen molar-refractivity contribution in [2.24, 2.45) is 0 Å². The summed E-state index contributed by atoms with van der Waals surface area (Å²) in [5, 5.41) is 14.0. The number of sulfonamides is 1. The van der Waals surface area contributed by atoms with Crippen LogP contribution in [0.5, 0.6) is 0 Å². The molecule has 0 aromatic heterocycles. The maximum absolute atomic E-state index is 12.3. The molecule has 1 aromatic rings. The van der Waals surface area contributed by atoms with E-state index >= 15 is 0 Å². The molecular formula is C12H17N3O4S. The summed E-state index contributed by atoms with van der Waals surface area (Å²) in [4.78, 5) is 10.4. The lowest BCUT2D eigenvalue weighted by Crippen LogP contribution is -2.36. The van der Waals surface area contributed by atoms with Crippen LogP contribution in [0.2, 0.25) is 0 Å². The molecule has 0 spiro atoms. The lowest BCUT2D eigenvalue weighted by atomic mass is 10.1. The molecule has 1 fully saturated rings. The predicted octanol–water partition coefficient (Wildman–Crippen LogP) is 0.852. The van der Waals surface area contributed by atoms with Gasteiger partial charge < -0.3 is 5.32 Å². The molecule has 1 aliphatic heterocycles. The first-order chi connectivity index (χ1) is 9.31. The maximum atomic E-state index is 12.3. The van der Waals surface area contributed by atoms with Gasteiger partial charge in [-0.25, -0.2) is 13.1 Å². The molecule has 0 saturated carbocycles. The number of nitrogens with one attached hydrogen (secondary N) is 2. The highest BCUT2D eigenvalue weighted by molar-refractivity contribution is 7.89. The maximum Gasteiger partial charge on any atom is 0.273 e. The van der Waals surface area contributed by atoms with Gasteiger partial charge in [-0.1, -0.05) is 0 Å². The van der Waals surface area contributed by atoms with Crippen molar-refractivity contribution in [1.29, 1.82) is 0 Å². The highest BCUT2D eigenvalue weighted by Gasteiger charge is 2.25. The Morgan fingerprint density at radius 2 is 2.10 bits per heavy atom. The van der Waals surface area contributed by atoms with Crippen LogP contribution < -0.4 is 10.0 Å². The molecule has 20 heavy (non-hydrogen) atoms. The first-order valence-corrected chi connectivity index (χ1v) is 7.78. The molecule has 7 nitrogen and oxygen atoms in total. The Bertz CT molecular complexity index is 636. The summed E-state index contributed by atoms with van der Waals surface area (Å²) < 4.78 is 27.1. The van der Waals surface area contributed by atoms with E-state index in [2.05, 4.69) is 10.0 Å². The molecule has 110 valence electrons. The van der Waals surface area contributed by atoms with Gasteiger partial charge in [0.15, 0.2) is 0 Å². The summed E-state index contributed by atoms with van der Waals surface area (Å²) in [5.41, 5.74) is 0.899. The van der Waals surface area contributed by atoms with Crippen molar-refractivity contribution in [2.45, 2.75) is 31.2 Å². The zero-order valence-corrected chi connectivity index (χ0v) is 12.2. The quantitative estimate of drug-likeness (QED) is 0.634. The Balaban J connectivity index is 2.38. The van der Waals surface area contributed by atoms with E-state index in [0.29, 0.717) is 24.1 Å². The van der Waals surface area contributed by atoms with E-state index in [1.54, 1.807) is 13.8 Å². The molecule has 1 atom stereocenters. The van der Waals surface area contributed by atoms with Gasteiger partial charge in [-0.15, -0.1) is 0 Å². The number of nitrogens with zero attached hydrogens (tertiary/aromatic N) is 1. The van der Waals surface area contributed by atoms with Crippen LogP contribution in [0.25, 0.3) is 0 Å². The van der Waals surface area contributed by atoms with Gasteiger partial charge in [-0.3, -0.25) is 10.1 Å². The minimum Gasteiger partial charge on any atom is -0.315 e. The fourth-order valence-corrected chi connectivity index (χ4v) is 3.57. The summed E-state index contributed by atoms with van der Waals surface area (Å²) in [7, 11) is -3.73. The summed E-state index contributed by atoms with van der Waals surface area (Å²) in [6, 6.07) is 2.42. The minimum absolute atomic E-state index is 0.0563. The molecule has 0 amide bonds. The van der Waals surface area contributed by atoms with Crippen molar-refractivity contribution in [2.75, 3.05) is 13.1 Å². The van der Waals surface area contributed by atoms with E-state index in [1.165, 1.54) is 6.07 Å². The number of aryl methyl sites for hydroxylation is 1. The van der Waals surface area contributed by atoms with Crippen LogP contribution in [0.1, 0.15) is 17.5 Å². The van der Waals surface area contributed by atoms with Crippen LogP contribution in [-0.2, 0) is 10.0 Å². The second-order valence-corrected chi connectivity index (χ2v) is 6.67. The Kier molecular flexibility index (Phi) is 4.07. The fraction of sp³-hybridized carbons (Fsp3) is 0.500. The van der Waals surface area contributed by atoms with Crippen LogP contribution in [0, 0.1) is 24.0 Å². The smallest absolute Gasteiger partial charge is 0.273 e. The highest BCUT2D eigenvalue weighted by atomic mass is 32.2. The van der Waals surface area contributed by atoms with E-state index in [1.807, 2.05) is 0 Å². The lowest BCUT2D eigenvalue weighted by Gasteiger charge is -2.13. The van der Waals surface area contributed by atoms with E-state index in [0.717, 1.165) is 12.6 Å². The number of nitro benzene ring substituents is 1. The largest absolute Gasteiger partial charge is 0.315 e. The molecule has 1 aromatic carbocycles. The molecule has 0 aliphatic carbocycles. The average molecular weight is 299 g/mol. The molecule has 0 unspecified atom stereocenters. The van der Waals surface area contributed by atoms with E-state index in [9.17, 15) is 18.5 Å². The van der Waals surface area contributed by atoms with Crippen molar-refractivity contribution in [3.8, 4) is 0 Å². The van der Waals surface area contributed by atoms with Gasteiger partial charge in [-0.2, -0.15) is 0 Å². The van der Waals surface area contributed by atoms with Gasteiger partial charge in [0.2, 0.25) is 10.0 Å². The Morgan fingerprint density at radius 1 is 1.40 bits per heavy atom. The van der Waals surface area contributed by atoms with Crippen molar-refractivity contribution in [3.63, 3.8) is 0 Å². The van der Waals surface area contributed by atoms with Crippen LogP contribution in [0.3, 0.4) is 0 Å². The zero-order valence-electron chi connectivity index (χ0n) is 11.3.